The summed E-state index contributed by atoms with van der Waals surface area (Å²) in [7, 11) is 1.69. The minimum absolute atomic E-state index is 0.0495. The maximum absolute atomic E-state index is 13.4. The van der Waals surface area contributed by atoms with Crippen LogP contribution < -0.4 is 5.73 Å². The number of hydrogen-bond donors (Lipinski definition) is 1. The smallest absolute Gasteiger partial charge is 0.255 e. The van der Waals surface area contributed by atoms with E-state index in [-0.39, 0.29) is 17.6 Å². The third-order valence-electron chi connectivity index (χ3n) is 3.41. The summed E-state index contributed by atoms with van der Waals surface area (Å²) >= 11 is 3.20. The van der Waals surface area contributed by atoms with Crippen molar-refractivity contribution in [3.05, 3.63) is 58.1 Å². The summed E-state index contributed by atoms with van der Waals surface area (Å²) in [5, 5.41) is 0. The Kier molecular flexibility index (Phi) is 4.57. The number of nitrogens with two attached hydrogens (primary N) is 1. The standard InChI is InChI=1S/C15H15BrFN3O/c1-9(10-3-5-19-6-4-10)20(2)15(21)11-7-14(18)13(17)8-12(11)16/h3-9H,18H2,1-2H3. The Hall–Kier alpha value is -1.95. The van der Waals surface area contributed by atoms with Crippen LogP contribution in [0.5, 0.6) is 0 Å². The normalized spacial score (nSPS) is 12.0. The highest BCUT2D eigenvalue weighted by atomic mass is 79.9. The van der Waals surface area contributed by atoms with Crippen molar-refractivity contribution < 1.29 is 9.18 Å². The lowest BCUT2D eigenvalue weighted by Crippen LogP contribution is -2.30. The Balaban J connectivity index is 2.30. The maximum Gasteiger partial charge on any atom is 0.255 e. The molecule has 0 saturated heterocycles. The van der Waals surface area contributed by atoms with E-state index in [2.05, 4.69) is 20.9 Å². The molecule has 1 aromatic heterocycles. The molecular weight excluding hydrogens is 337 g/mol. The number of anilines is 1. The van der Waals surface area contributed by atoms with Gasteiger partial charge in [0.25, 0.3) is 5.91 Å². The van der Waals surface area contributed by atoms with Crippen molar-refractivity contribution in [1.82, 2.24) is 9.88 Å². The number of pyridine rings is 1. The van der Waals surface area contributed by atoms with Crippen LogP contribution in [0.15, 0.2) is 41.1 Å². The van der Waals surface area contributed by atoms with E-state index in [1.165, 1.54) is 12.1 Å². The first-order chi connectivity index (χ1) is 9.91. The fourth-order valence-electron chi connectivity index (χ4n) is 1.96. The molecule has 2 aromatic rings. The molecule has 2 rings (SSSR count). The lowest BCUT2D eigenvalue weighted by molar-refractivity contribution is 0.0741. The highest BCUT2D eigenvalue weighted by Crippen LogP contribution is 2.27. The molecule has 1 unspecified atom stereocenters. The molecule has 1 amide bonds. The third-order valence-corrected chi connectivity index (χ3v) is 4.06. The van der Waals surface area contributed by atoms with E-state index in [1.807, 2.05) is 19.1 Å². The Morgan fingerprint density at radius 1 is 1.38 bits per heavy atom. The molecule has 1 atom stereocenters. The van der Waals surface area contributed by atoms with Gasteiger partial charge in [-0.2, -0.15) is 0 Å². The van der Waals surface area contributed by atoms with Crippen LogP contribution >= 0.6 is 15.9 Å². The first-order valence-electron chi connectivity index (χ1n) is 6.33. The van der Waals surface area contributed by atoms with Crippen LogP contribution in [0, 0.1) is 5.82 Å². The van der Waals surface area contributed by atoms with Gasteiger partial charge in [-0.3, -0.25) is 9.78 Å². The topological polar surface area (TPSA) is 59.2 Å². The number of hydrogen-bond acceptors (Lipinski definition) is 3. The van der Waals surface area contributed by atoms with Gasteiger partial charge in [-0.15, -0.1) is 0 Å². The number of rotatable bonds is 3. The van der Waals surface area contributed by atoms with E-state index in [4.69, 9.17) is 5.73 Å². The number of nitrogens with zero attached hydrogens (tertiary/aromatic N) is 2. The minimum atomic E-state index is -0.553. The number of carbonyl (C=O) groups is 1. The molecule has 0 fully saturated rings. The van der Waals surface area contributed by atoms with Gasteiger partial charge in [0.05, 0.1) is 17.3 Å². The van der Waals surface area contributed by atoms with Crippen molar-refractivity contribution >= 4 is 27.5 Å². The van der Waals surface area contributed by atoms with E-state index in [0.29, 0.717) is 10.0 Å². The average Bonchev–Trinajstić information content (AvgIpc) is 2.49. The van der Waals surface area contributed by atoms with Gasteiger partial charge in [-0.1, -0.05) is 0 Å². The molecule has 0 aliphatic carbocycles. The van der Waals surface area contributed by atoms with Crippen LogP contribution in [0.2, 0.25) is 0 Å². The monoisotopic (exact) mass is 351 g/mol. The molecule has 0 aliphatic rings. The lowest BCUT2D eigenvalue weighted by atomic mass is 10.1. The highest BCUT2D eigenvalue weighted by Gasteiger charge is 2.21. The maximum atomic E-state index is 13.4. The van der Waals surface area contributed by atoms with Crippen LogP contribution in [-0.2, 0) is 0 Å². The number of halogens is 2. The molecule has 21 heavy (non-hydrogen) atoms. The van der Waals surface area contributed by atoms with E-state index < -0.39 is 5.82 Å². The number of aromatic nitrogens is 1. The van der Waals surface area contributed by atoms with Gasteiger partial charge in [0, 0.05) is 23.9 Å². The summed E-state index contributed by atoms with van der Waals surface area (Å²) in [4.78, 5) is 18.1. The summed E-state index contributed by atoms with van der Waals surface area (Å²) in [6.45, 7) is 1.91. The van der Waals surface area contributed by atoms with Gasteiger partial charge < -0.3 is 10.6 Å². The average molecular weight is 352 g/mol. The van der Waals surface area contributed by atoms with Gasteiger partial charge in [0.1, 0.15) is 5.82 Å². The van der Waals surface area contributed by atoms with Gasteiger partial charge >= 0.3 is 0 Å². The Labute approximate surface area is 130 Å². The van der Waals surface area contributed by atoms with Crippen LogP contribution in [-0.4, -0.2) is 22.8 Å². The summed E-state index contributed by atoms with van der Waals surface area (Å²) in [5.41, 5.74) is 6.79. The second kappa shape index (κ2) is 6.22. The Morgan fingerprint density at radius 2 is 2.00 bits per heavy atom. The van der Waals surface area contributed by atoms with Crippen molar-refractivity contribution in [2.75, 3.05) is 12.8 Å². The van der Waals surface area contributed by atoms with Crippen LogP contribution in [0.25, 0.3) is 0 Å². The fourth-order valence-corrected chi connectivity index (χ4v) is 2.45. The second-order valence-corrected chi connectivity index (χ2v) is 5.58. The summed E-state index contributed by atoms with van der Waals surface area (Å²) < 4.78 is 13.7. The zero-order chi connectivity index (χ0) is 15.6. The van der Waals surface area contributed by atoms with E-state index in [9.17, 15) is 9.18 Å². The van der Waals surface area contributed by atoms with Crippen molar-refractivity contribution in [3.8, 4) is 0 Å². The van der Waals surface area contributed by atoms with E-state index in [0.717, 1.165) is 5.56 Å². The van der Waals surface area contributed by atoms with Crippen LogP contribution in [0.4, 0.5) is 10.1 Å². The lowest BCUT2D eigenvalue weighted by Gasteiger charge is -2.26. The molecule has 1 aromatic carbocycles. The van der Waals surface area contributed by atoms with E-state index in [1.54, 1.807) is 24.3 Å². The zero-order valence-corrected chi connectivity index (χ0v) is 13.3. The number of benzene rings is 1. The molecular formula is C15H15BrFN3O. The third kappa shape index (κ3) is 3.21. The SMILES string of the molecule is CC(c1ccncc1)N(C)C(=O)c1cc(N)c(F)cc1Br. The molecule has 0 saturated carbocycles. The number of amides is 1. The van der Waals surface area contributed by atoms with Crippen molar-refractivity contribution in [1.29, 1.82) is 0 Å². The molecule has 110 valence electrons. The zero-order valence-electron chi connectivity index (χ0n) is 11.7. The van der Waals surface area contributed by atoms with E-state index >= 15 is 0 Å². The van der Waals surface area contributed by atoms with Crippen molar-refractivity contribution in [3.63, 3.8) is 0 Å². The van der Waals surface area contributed by atoms with Gasteiger partial charge in [-0.05, 0) is 52.7 Å². The van der Waals surface area contributed by atoms with Crippen LogP contribution in [0.1, 0.15) is 28.9 Å². The summed E-state index contributed by atoms with van der Waals surface area (Å²) in [5.74, 6) is -0.791. The molecule has 2 N–H and O–H groups in total. The predicted molar refractivity (Wildman–Crippen MR) is 83.3 cm³/mol. The summed E-state index contributed by atoms with van der Waals surface area (Å²) in [6, 6.07) is 6.11. The van der Waals surface area contributed by atoms with Crippen LogP contribution in [0.3, 0.4) is 0 Å². The quantitative estimate of drug-likeness (QED) is 0.862. The first-order valence-corrected chi connectivity index (χ1v) is 7.12. The molecule has 0 spiro atoms. The van der Waals surface area contributed by atoms with Gasteiger partial charge in [0.2, 0.25) is 0 Å². The number of nitrogen functional groups attached to an aromatic ring is 1. The molecule has 4 nitrogen and oxygen atoms in total. The molecule has 0 aliphatic heterocycles. The molecule has 0 bridgehead atoms. The Morgan fingerprint density at radius 3 is 2.62 bits per heavy atom. The first kappa shape index (κ1) is 15.4. The molecule has 0 radical (unpaired) electrons. The van der Waals surface area contributed by atoms with Gasteiger partial charge in [0.15, 0.2) is 0 Å². The fraction of sp³-hybridized carbons (Fsp3) is 0.200. The molecule has 6 heteroatoms. The molecule has 1 heterocycles. The largest absolute Gasteiger partial charge is 0.396 e. The number of carbonyl (C=O) groups excluding carboxylic acids is 1. The minimum Gasteiger partial charge on any atom is -0.396 e. The Bertz CT molecular complexity index is 663. The summed E-state index contributed by atoms with van der Waals surface area (Å²) in [6.07, 6.45) is 3.35. The van der Waals surface area contributed by atoms with Crippen molar-refractivity contribution in [2.24, 2.45) is 0 Å². The highest BCUT2D eigenvalue weighted by molar-refractivity contribution is 9.10. The predicted octanol–water partition coefficient (Wildman–Crippen LogP) is 3.40. The van der Waals surface area contributed by atoms with Gasteiger partial charge in [-0.25, -0.2) is 4.39 Å². The second-order valence-electron chi connectivity index (χ2n) is 4.73. The van der Waals surface area contributed by atoms with Crippen molar-refractivity contribution in [2.45, 2.75) is 13.0 Å².